The number of nitrogens with two attached hydrogens (primary N) is 1. The first-order chi connectivity index (χ1) is 11.8. The summed E-state index contributed by atoms with van der Waals surface area (Å²) in [7, 11) is -1.41. The maximum absolute atomic E-state index is 11.9. The van der Waals surface area contributed by atoms with Crippen molar-refractivity contribution in [3.8, 4) is 0 Å². The van der Waals surface area contributed by atoms with E-state index in [1.54, 1.807) is 4.57 Å². The van der Waals surface area contributed by atoms with E-state index in [0.717, 1.165) is 0 Å². The number of aromatic nitrogens is 4. The van der Waals surface area contributed by atoms with Gasteiger partial charge in [-0.05, 0) is 20.8 Å². The average Bonchev–Trinajstić information content (AvgIpc) is 3.08. The Morgan fingerprint density at radius 2 is 2.24 bits per heavy atom. The molecule has 4 atom stereocenters. The molecule has 10 nitrogen and oxygen atoms in total. The SMILES string of the molecule is CC(C)(C)OP1OC[C@H]2O[C@@H](n3cnc4c(=O)[nH]c(N)nc43)C[C@@H]2O1. The van der Waals surface area contributed by atoms with Crippen molar-refractivity contribution in [2.75, 3.05) is 12.3 Å². The van der Waals surface area contributed by atoms with Gasteiger partial charge in [0.2, 0.25) is 5.95 Å². The number of rotatable bonds is 2. The molecule has 0 radical (unpaired) electrons. The molecule has 2 aromatic heterocycles. The van der Waals surface area contributed by atoms with Crippen LogP contribution in [0.15, 0.2) is 11.1 Å². The van der Waals surface area contributed by atoms with Gasteiger partial charge in [0.15, 0.2) is 11.2 Å². The van der Waals surface area contributed by atoms with Crippen LogP contribution < -0.4 is 11.3 Å². The van der Waals surface area contributed by atoms with Crippen LogP contribution in [0.1, 0.15) is 33.4 Å². The minimum absolute atomic E-state index is 0.0383. The van der Waals surface area contributed by atoms with Crippen LogP contribution in [0, 0.1) is 0 Å². The Morgan fingerprint density at radius 3 is 3.00 bits per heavy atom. The Balaban J connectivity index is 1.54. The van der Waals surface area contributed by atoms with Gasteiger partial charge in [-0.15, -0.1) is 0 Å². The van der Waals surface area contributed by atoms with Crippen molar-refractivity contribution < 1.29 is 18.3 Å². The Bertz CT molecular complexity index is 846. The predicted octanol–water partition coefficient (Wildman–Crippen LogP) is 1.45. The zero-order valence-corrected chi connectivity index (χ0v) is 15.0. The zero-order chi connectivity index (χ0) is 17.8. The third-order valence-electron chi connectivity index (χ3n) is 3.86. The van der Waals surface area contributed by atoms with E-state index in [1.165, 1.54) is 6.33 Å². The number of anilines is 1. The molecule has 11 heteroatoms. The maximum atomic E-state index is 11.9. The molecule has 136 valence electrons. The minimum atomic E-state index is -1.41. The second-order valence-corrected chi connectivity index (χ2v) is 8.11. The number of fused-ring (bicyclic) bond motifs is 2. The van der Waals surface area contributed by atoms with E-state index in [2.05, 4.69) is 15.0 Å². The number of nitrogens with zero attached hydrogens (tertiary/aromatic N) is 3. The van der Waals surface area contributed by atoms with Crippen LogP contribution in [-0.2, 0) is 18.3 Å². The minimum Gasteiger partial charge on any atom is -0.369 e. The Labute approximate surface area is 144 Å². The fourth-order valence-corrected chi connectivity index (χ4v) is 4.15. The number of imidazole rings is 1. The summed E-state index contributed by atoms with van der Waals surface area (Å²) < 4.78 is 25.1. The van der Waals surface area contributed by atoms with Gasteiger partial charge in [0.05, 0.1) is 24.6 Å². The number of hydrogen-bond acceptors (Lipinski definition) is 8. The topological polar surface area (TPSA) is 127 Å². The zero-order valence-electron chi connectivity index (χ0n) is 14.1. The first-order valence-corrected chi connectivity index (χ1v) is 9.06. The highest BCUT2D eigenvalue weighted by molar-refractivity contribution is 7.41. The molecule has 2 aliphatic rings. The van der Waals surface area contributed by atoms with Crippen LogP contribution in [0.4, 0.5) is 5.95 Å². The van der Waals surface area contributed by atoms with Crippen LogP contribution >= 0.6 is 8.60 Å². The highest BCUT2D eigenvalue weighted by Crippen LogP contribution is 2.52. The molecule has 2 saturated heterocycles. The molecule has 2 aromatic rings. The molecule has 3 N–H and O–H groups in total. The Hall–Kier alpha value is -1.58. The van der Waals surface area contributed by atoms with Crippen LogP contribution in [0.3, 0.4) is 0 Å². The van der Waals surface area contributed by atoms with Crippen molar-refractivity contribution in [3.05, 3.63) is 16.7 Å². The molecule has 0 amide bonds. The number of nitrogen functional groups attached to an aromatic ring is 1. The van der Waals surface area contributed by atoms with Crippen molar-refractivity contribution >= 4 is 25.7 Å². The lowest BCUT2D eigenvalue weighted by molar-refractivity contribution is -0.0673. The fourth-order valence-electron chi connectivity index (χ4n) is 2.83. The summed E-state index contributed by atoms with van der Waals surface area (Å²) in [6, 6.07) is 0. The highest BCUT2D eigenvalue weighted by Gasteiger charge is 2.44. The molecule has 25 heavy (non-hydrogen) atoms. The van der Waals surface area contributed by atoms with Crippen molar-refractivity contribution in [1.82, 2.24) is 19.5 Å². The van der Waals surface area contributed by atoms with Crippen molar-refractivity contribution in [1.29, 1.82) is 0 Å². The quantitative estimate of drug-likeness (QED) is 0.762. The molecule has 0 aliphatic carbocycles. The summed E-state index contributed by atoms with van der Waals surface area (Å²) in [5.74, 6) is 0.0383. The molecule has 4 rings (SSSR count). The van der Waals surface area contributed by atoms with Crippen LogP contribution in [0.5, 0.6) is 0 Å². The van der Waals surface area contributed by atoms with E-state index in [1.807, 2.05) is 20.8 Å². The standard InChI is InChI=1S/C14H20N5O5P/c1-14(2,3)24-25-21-5-8-7(23-25)4-9(22-8)19-6-16-10-11(19)17-13(15)18-12(10)20/h6-9H,4-5H2,1-3H3,(H3,15,17,18,20)/t7-,8+,9+,25?/m0/s1. The smallest absolute Gasteiger partial charge is 0.333 e. The van der Waals surface area contributed by atoms with Gasteiger partial charge < -0.3 is 24.0 Å². The second-order valence-electron chi connectivity index (χ2n) is 7.01. The number of H-pyrrole nitrogens is 1. The summed E-state index contributed by atoms with van der Waals surface area (Å²) in [6.07, 6.45) is 1.40. The third kappa shape index (κ3) is 3.28. The number of aromatic amines is 1. The molecule has 0 saturated carbocycles. The van der Waals surface area contributed by atoms with Crippen molar-refractivity contribution in [3.63, 3.8) is 0 Å². The van der Waals surface area contributed by atoms with E-state index in [4.69, 9.17) is 24.0 Å². The Morgan fingerprint density at radius 1 is 1.44 bits per heavy atom. The number of ether oxygens (including phenoxy) is 1. The van der Waals surface area contributed by atoms with Gasteiger partial charge in [-0.3, -0.25) is 14.3 Å². The first-order valence-electron chi connectivity index (χ1n) is 7.97. The molecule has 0 bridgehead atoms. The molecule has 2 fully saturated rings. The van der Waals surface area contributed by atoms with Crippen molar-refractivity contribution in [2.24, 2.45) is 0 Å². The van der Waals surface area contributed by atoms with Gasteiger partial charge >= 0.3 is 8.60 Å². The van der Waals surface area contributed by atoms with Gasteiger partial charge in [0.25, 0.3) is 5.56 Å². The van der Waals surface area contributed by atoms with Gasteiger partial charge in [-0.1, -0.05) is 0 Å². The largest absolute Gasteiger partial charge is 0.369 e. The molecule has 0 spiro atoms. The summed E-state index contributed by atoms with van der Waals surface area (Å²) >= 11 is 0. The van der Waals surface area contributed by atoms with Gasteiger partial charge in [-0.2, -0.15) is 4.98 Å². The highest BCUT2D eigenvalue weighted by atomic mass is 31.2. The molecule has 0 aromatic carbocycles. The van der Waals surface area contributed by atoms with Crippen LogP contribution in [0.2, 0.25) is 0 Å². The van der Waals surface area contributed by atoms with E-state index >= 15 is 0 Å². The number of nitrogens with one attached hydrogen (secondary N) is 1. The predicted molar refractivity (Wildman–Crippen MR) is 89.7 cm³/mol. The molecule has 4 heterocycles. The molecule has 1 unspecified atom stereocenters. The summed E-state index contributed by atoms with van der Waals surface area (Å²) in [5.41, 5.74) is 5.53. The van der Waals surface area contributed by atoms with Crippen molar-refractivity contribution in [2.45, 2.75) is 51.2 Å². The Kier molecular flexibility index (Phi) is 4.04. The van der Waals surface area contributed by atoms with Gasteiger partial charge in [0, 0.05) is 6.42 Å². The van der Waals surface area contributed by atoms with Gasteiger partial charge in [-0.25, -0.2) is 4.98 Å². The van der Waals surface area contributed by atoms with Crippen LogP contribution in [0.25, 0.3) is 11.2 Å². The average molecular weight is 369 g/mol. The van der Waals surface area contributed by atoms with Crippen LogP contribution in [-0.4, -0.2) is 43.9 Å². The van der Waals surface area contributed by atoms with E-state index in [-0.39, 0.29) is 41.1 Å². The fraction of sp³-hybridized carbons (Fsp3) is 0.643. The van der Waals surface area contributed by atoms with Gasteiger partial charge in [0.1, 0.15) is 12.3 Å². The summed E-state index contributed by atoms with van der Waals surface area (Å²) in [5, 5.41) is 0. The second kappa shape index (κ2) is 6.00. The lowest BCUT2D eigenvalue weighted by atomic mass is 10.2. The van der Waals surface area contributed by atoms with E-state index < -0.39 is 8.60 Å². The first kappa shape index (κ1) is 16.9. The third-order valence-corrected chi connectivity index (χ3v) is 5.36. The number of hydrogen-bond donors (Lipinski definition) is 2. The molecular formula is C14H20N5O5P. The lowest BCUT2D eigenvalue weighted by Gasteiger charge is -2.32. The normalized spacial score (nSPS) is 29.9. The molecular weight excluding hydrogens is 349 g/mol. The van der Waals surface area contributed by atoms with E-state index in [0.29, 0.717) is 18.7 Å². The monoisotopic (exact) mass is 369 g/mol. The lowest BCUT2D eigenvalue weighted by Crippen LogP contribution is -2.33. The summed E-state index contributed by atoms with van der Waals surface area (Å²) in [6.45, 7) is 6.25. The molecule has 2 aliphatic heterocycles. The summed E-state index contributed by atoms with van der Waals surface area (Å²) in [4.78, 5) is 22.6. The van der Waals surface area contributed by atoms with E-state index in [9.17, 15) is 4.79 Å². The maximum Gasteiger partial charge on any atom is 0.333 e.